The molecule has 0 saturated carbocycles. The summed E-state index contributed by atoms with van der Waals surface area (Å²) in [5.41, 5.74) is 6.41. The number of benzene rings is 2. The normalized spacial score (nSPS) is 11.2. The van der Waals surface area contributed by atoms with Gasteiger partial charge in [0.15, 0.2) is 11.5 Å². The predicted octanol–water partition coefficient (Wildman–Crippen LogP) is 4.76. The molecule has 2 heterocycles. The largest absolute Gasteiger partial charge is 0.458 e. The molecule has 0 bridgehead atoms. The molecule has 8 heteroatoms. The van der Waals surface area contributed by atoms with Gasteiger partial charge in [-0.25, -0.2) is 9.89 Å². The topological polar surface area (TPSA) is 109 Å². The Kier molecular flexibility index (Phi) is 6.92. The third-order valence-electron chi connectivity index (χ3n) is 5.44. The molecule has 8 nitrogen and oxygen atoms in total. The van der Waals surface area contributed by atoms with Crippen LogP contribution in [-0.2, 0) is 17.6 Å². The van der Waals surface area contributed by atoms with Gasteiger partial charge in [-0.1, -0.05) is 61.9 Å². The molecule has 0 spiro atoms. The van der Waals surface area contributed by atoms with Gasteiger partial charge >= 0.3 is 5.97 Å². The maximum absolute atomic E-state index is 12.6. The smallest absolute Gasteiger partial charge is 0.359 e. The highest BCUT2D eigenvalue weighted by Crippen LogP contribution is 2.30. The summed E-state index contributed by atoms with van der Waals surface area (Å²) in [5.74, 6) is 0.243. The average Bonchev–Trinajstić information content (AvgIpc) is 3.48. The molecule has 2 aromatic carbocycles. The number of ether oxygens (including phenoxy) is 1. The van der Waals surface area contributed by atoms with Gasteiger partial charge in [-0.15, -0.1) is 5.10 Å². The molecular weight excluding hydrogens is 416 g/mol. The minimum Gasteiger partial charge on any atom is -0.458 e. The van der Waals surface area contributed by atoms with E-state index in [1.807, 2.05) is 38.1 Å². The van der Waals surface area contributed by atoms with Crippen LogP contribution in [0.25, 0.3) is 22.5 Å². The highest BCUT2D eigenvalue weighted by molar-refractivity contribution is 5.89. The number of nitrogens with one attached hydrogen (secondary N) is 2. The molecule has 0 aliphatic carbocycles. The van der Waals surface area contributed by atoms with Crippen LogP contribution >= 0.6 is 0 Å². The molecule has 33 heavy (non-hydrogen) atoms. The predicted molar refractivity (Wildman–Crippen MR) is 126 cm³/mol. The van der Waals surface area contributed by atoms with Gasteiger partial charge in [0.25, 0.3) is 0 Å². The van der Waals surface area contributed by atoms with Crippen molar-refractivity contribution in [3.8, 4) is 22.5 Å². The summed E-state index contributed by atoms with van der Waals surface area (Å²) in [6.07, 6.45) is 3.36. The van der Waals surface area contributed by atoms with Crippen molar-refractivity contribution in [2.24, 2.45) is 0 Å². The molecule has 170 valence electrons. The number of aromatic nitrogens is 6. The number of nitrogens with zero attached hydrogens (tertiary/aromatic N) is 4. The van der Waals surface area contributed by atoms with Crippen LogP contribution in [0.1, 0.15) is 60.9 Å². The van der Waals surface area contributed by atoms with Gasteiger partial charge in [0.05, 0.1) is 6.10 Å². The van der Waals surface area contributed by atoms with E-state index in [0.29, 0.717) is 17.9 Å². The number of esters is 1. The molecule has 0 atom stereocenters. The highest BCUT2D eigenvalue weighted by atomic mass is 16.5. The maximum Gasteiger partial charge on any atom is 0.359 e. The molecule has 4 rings (SSSR count). The van der Waals surface area contributed by atoms with Gasteiger partial charge in [0, 0.05) is 23.2 Å². The van der Waals surface area contributed by atoms with Crippen LogP contribution in [0.3, 0.4) is 0 Å². The number of carbonyl (C=O) groups excluding carboxylic acids is 1. The van der Waals surface area contributed by atoms with Crippen LogP contribution in [-0.4, -0.2) is 42.9 Å². The first-order valence-corrected chi connectivity index (χ1v) is 11.3. The van der Waals surface area contributed by atoms with Crippen LogP contribution in [0.2, 0.25) is 0 Å². The zero-order valence-corrected chi connectivity index (χ0v) is 19.1. The molecule has 0 fully saturated rings. The SMILES string of the molecule is CCCCc1[nH]nc(C(=O)OC(C)C)c1Cc1ccc(-c2ccccc2-c2nnn[nH]2)cc1. The second kappa shape index (κ2) is 10.2. The van der Waals surface area contributed by atoms with Crippen LogP contribution in [0.15, 0.2) is 48.5 Å². The van der Waals surface area contributed by atoms with Gasteiger partial charge in [-0.3, -0.25) is 5.10 Å². The van der Waals surface area contributed by atoms with Crippen molar-refractivity contribution in [2.75, 3.05) is 0 Å². The Hall–Kier alpha value is -3.81. The molecular formula is C25H28N6O2. The Morgan fingerprint density at radius 3 is 2.45 bits per heavy atom. The van der Waals surface area contributed by atoms with Crippen LogP contribution in [0.5, 0.6) is 0 Å². The van der Waals surface area contributed by atoms with Crippen molar-refractivity contribution in [1.82, 2.24) is 30.8 Å². The monoisotopic (exact) mass is 444 g/mol. The van der Waals surface area contributed by atoms with E-state index in [2.05, 4.69) is 62.0 Å². The number of hydrogen-bond donors (Lipinski definition) is 2. The number of rotatable bonds is 9. The summed E-state index contributed by atoms with van der Waals surface area (Å²) in [5, 5.41) is 21.6. The average molecular weight is 445 g/mol. The summed E-state index contributed by atoms with van der Waals surface area (Å²) in [6.45, 7) is 5.83. The molecule has 0 aliphatic heterocycles. The van der Waals surface area contributed by atoms with E-state index in [4.69, 9.17) is 4.74 Å². The molecule has 0 unspecified atom stereocenters. The first-order valence-electron chi connectivity index (χ1n) is 11.3. The Morgan fingerprint density at radius 2 is 1.79 bits per heavy atom. The van der Waals surface area contributed by atoms with Crippen LogP contribution in [0, 0.1) is 0 Å². The quantitative estimate of drug-likeness (QED) is 0.360. The van der Waals surface area contributed by atoms with Gasteiger partial charge in [0.2, 0.25) is 0 Å². The van der Waals surface area contributed by atoms with Gasteiger partial charge in [-0.2, -0.15) is 5.10 Å². The first-order chi connectivity index (χ1) is 16.1. The summed E-state index contributed by atoms with van der Waals surface area (Å²) in [6, 6.07) is 16.3. The molecule has 4 aromatic rings. The van der Waals surface area contributed by atoms with Crippen LogP contribution < -0.4 is 0 Å². The third kappa shape index (κ3) is 5.16. The van der Waals surface area contributed by atoms with Gasteiger partial charge < -0.3 is 4.74 Å². The zero-order valence-electron chi connectivity index (χ0n) is 19.1. The second-order valence-electron chi connectivity index (χ2n) is 8.26. The third-order valence-corrected chi connectivity index (χ3v) is 5.44. The van der Waals surface area contributed by atoms with E-state index in [-0.39, 0.29) is 12.1 Å². The molecule has 0 amide bonds. The number of hydrogen-bond acceptors (Lipinski definition) is 6. The van der Waals surface area contributed by atoms with Gasteiger partial charge in [0.1, 0.15) is 0 Å². The van der Waals surface area contributed by atoms with Crippen molar-refractivity contribution in [3.05, 3.63) is 71.0 Å². The summed E-state index contributed by atoms with van der Waals surface area (Å²) >= 11 is 0. The van der Waals surface area contributed by atoms with Crippen molar-refractivity contribution in [1.29, 1.82) is 0 Å². The number of tetrazole rings is 1. The molecule has 0 saturated heterocycles. The zero-order chi connectivity index (χ0) is 23.2. The van der Waals surface area contributed by atoms with Crippen molar-refractivity contribution >= 4 is 5.97 Å². The Bertz CT molecular complexity index is 1200. The maximum atomic E-state index is 12.6. The number of carbonyl (C=O) groups is 1. The number of aromatic amines is 2. The highest BCUT2D eigenvalue weighted by Gasteiger charge is 2.22. The number of aryl methyl sites for hydroxylation is 1. The first kappa shape index (κ1) is 22.4. The van der Waals surface area contributed by atoms with E-state index in [9.17, 15) is 4.79 Å². The minimum absolute atomic E-state index is 0.194. The molecule has 2 aromatic heterocycles. The fourth-order valence-corrected chi connectivity index (χ4v) is 3.81. The standard InChI is InChI=1S/C25H28N6O2/c1-4-5-10-22-21(23(27-26-22)25(32)33-16(2)3)15-17-11-13-18(14-12-17)19-8-6-7-9-20(19)24-28-30-31-29-24/h6-9,11-14,16H,4-5,10,15H2,1-3H3,(H,26,27)(H,28,29,30,31). The number of H-pyrrole nitrogens is 2. The fourth-order valence-electron chi connectivity index (χ4n) is 3.81. The summed E-state index contributed by atoms with van der Waals surface area (Å²) in [4.78, 5) is 12.6. The Morgan fingerprint density at radius 1 is 1.03 bits per heavy atom. The van der Waals surface area contributed by atoms with Gasteiger partial charge in [-0.05, 0) is 53.8 Å². The van der Waals surface area contributed by atoms with Crippen molar-refractivity contribution in [2.45, 2.75) is 52.6 Å². The molecule has 0 radical (unpaired) electrons. The Balaban J connectivity index is 1.61. The molecule has 2 N–H and O–H groups in total. The number of unbranched alkanes of at least 4 members (excludes halogenated alkanes) is 1. The lowest BCUT2D eigenvalue weighted by Crippen LogP contribution is -2.14. The Labute approximate surface area is 192 Å². The van der Waals surface area contributed by atoms with Crippen molar-refractivity contribution in [3.63, 3.8) is 0 Å². The summed E-state index contributed by atoms with van der Waals surface area (Å²) < 4.78 is 5.42. The van der Waals surface area contributed by atoms with E-state index >= 15 is 0 Å². The molecule has 0 aliphatic rings. The van der Waals surface area contributed by atoms with E-state index in [1.165, 1.54) is 0 Å². The van der Waals surface area contributed by atoms with Crippen LogP contribution in [0.4, 0.5) is 0 Å². The van der Waals surface area contributed by atoms with E-state index in [1.54, 1.807) is 0 Å². The lowest BCUT2D eigenvalue weighted by molar-refractivity contribution is 0.0369. The lowest BCUT2D eigenvalue weighted by atomic mass is 9.95. The van der Waals surface area contributed by atoms with E-state index in [0.717, 1.165) is 52.8 Å². The summed E-state index contributed by atoms with van der Waals surface area (Å²) in [7, 11) is 0. The van der Waals surface area contributed by atoms with Crippen molar-refractivity contribution < 1.29 is 9.53 Å². The fraction of sp³-hybridized carbons (Fsp3) is 0.320. The van der Waals surface area contributed by atoms with E-state index < -0.39 is 0 Å². The lowest BCUT2D eigenvalue weighted by Gasteiger charge is -2.10. The second-order valence-corrected chi connectivity index (χ2v) is 8.26. The minimum atomic E-state index is -0.384.